The minimum absolute atomic E-state index is 0.0308. The summed E-state index contributed by atoms with van der Waals surface area (Å²) in [6, 6.07) is 4.38. The molecule has 0 saturated carbocycles. The third kappa shape index (κ3) is 3.72. The zero-order valence-corrected chi connectivity index (χ0v) is 15.8. The van der Waals surface area contributed by atoms with Crippen molar-refractivity contribution in [2.45, 2.75) is 32.2 Å². The van der Waals surface area contributed by atoms with E-state index < -0.39 is 5.82 Å². The summed E-state index contributed by atoms with van der Waals surface area (Å²) in [7, 11) is 0. The fourth-order valence-electron chi connectivity index (χ4n) is 3.15. The van der Waals surface area contributed by atoms with Gasteiger partial charge in [0.1, 0.15) is 18.2 Å². The number of likely N-dealkylation sites (tertiary alicyclic amines) is 1. The van der Waals surface area contributed by atoms with E-state index in [0.29, 0.717) is 49.0 Å². The van der Waals surface area contributed by atoms with Crippen molar-refractivity contribution in [1.29, 1.82) is 0 Å². The number of benzene rings is 1. The number of tetrazole rings is 1. The first-order valence-corrected chi connectivity index (χ1v) is 9.18. The van der Waals surface area contributed by atoms with E-state index in [0.717, 1.165) is 0 Å². The Labute approximate surface area is 164 Å². The number of piperidine rings is 1. The summed E-state index contributed by atoms with van der Waals surface area (Å²) in [6.45, 7) is 3.03. The van der Waals surface area contributed by atoms with Crippen molar-refractivity contribution < 1.29 is 13.7 Å². The van der Waals surface area contributed by atoms with Crippen molar-refractivity contribution in [1.82, 2.24) is 35.2 Å². The van der Waals surface area contributed by atoms with Crippen LogP contribution in [0.3, 0.4) is 0 Å². The van der Waals surface area contributed by atoms with Gasteiger partial charge in [-0.15, -0.1) is 5.10 Å². The molecule has 3 aromatic rings. The number of hydrogen-bond donors (Lipinski definition) is 0. The molecule has 0 N–H and O–H groups in total. The van der Waals surface area contributed by atoms with E-state index in [1.165, 1.54) is 16.8 Å². The predicted molar refractivity (Wildman–Crippen MR) is 95.8 cm³/mol. The first-order valence-electron chi connectivity index (χ1n) is 8.81. The van der Waals surface area contributed by atoms with Gasteiger partial charge >= 0.3 is 0 Å². The van der Waals surface area contributed by atoms with E-state index in [1.54, 1.807) is 17.9 Å². The second-order valence-electron chi connectivity index (χ2n) is 6.62. The Hall–Kier alpha value is -2.88. The predicted octanol–water partition coefficient (Wildman–Crippen LogP) is 2.23. The zero-order chi connectivity index (χ0) is 19.7. The van der Waals surface area contributed by atoms with Gasteiger partial charge in [-0.2, -0.15) is 4.98 Å². The van der Waals surface area contributed by atoms with Crippen LogP contribution in [0.1, 0.15) is 30.5 Å². The molecule has 9 nitrogen and oxygen atoms in total. The molecule has 3 heterocycles. The standard InChI is InChI=1S/C17H17ClFN7O2/c1-10-21-23-24-26(10)9-15(27)25-6-4-11(5-7-25)17-20-16(22-28-17)12-2-3-13(18)14(19)8-12/h2-3,8,11H,4-7,9H2,1H3. The van der Waals surface area contributed by atoms with Gasteiger partial charge in [0.05, 0.1) is 5.02 Å². The van der Waals surface area contributed by atoms with E-state index in [4.69, 9.17) is 16.1 Å². The number of nitrogens with zero attached hydrogens (tertiary/aromatic N) is 7. The molecule has 1 fully saturated rings. The molecule has 0 bridgehead atoms. The number of amides is 1. The fraction of sp³-hybridized carbons (Fsp3) is 0.412. The Bertz CT molecular complexity index is 997. The molecule has 28 heavy (non-hydrogen) atoms. The van der Waals surface area contributed by atoms with Gasteiger partial charge in [0.25, 0.3) is 0 Å². The first-order chi connectivity index (χ1) is 13.5. The smallest absolute Gasteiger partial charge is 0.244 e. The minimum atomic E-state index is -0.532. The third-order valence-electron chi connectivity index (χ3n) is 4.81. The van der Waals surface area contributed by atoms with Gasteiger partial charge in [-0.3, -0.25) is 4.79 Å². The number of rotatable bonds is 4. The maximum absolute atomic E-state index is 13.6. The van der Waals surface area contributed by atoms with E-state index in [9.17, 15) is 9.18 Å². The van der Waals surface area contributed by atoms with Crippen molar-refractivity contribution in [2.24, 2.45) is 0 Å². The fourth-order valence-corrected chi connectivity index (χ4v) is 3.27. The van der Waals surface area contributed by atoms with Crippen LogP contribution >= 0.6 is 11.6 Å². The summed E-state index contributed by atoms with van der Waals surface area (Å²) in [5.41, 5.74) is 0.501. The number of carbonyl (C=O) groups excluding carboxylic acids is 1. The Kier molecular flexibility index (Phi) is 5.03. The second-order valence-corrected chi connectivity index (χ2v) is 7.03. The van der Waals surface area contributed by atoms with Crippen molar-refractivity contribution in [3.05, 3.63) is 40.8 Å². The molecule has 1 aromatic carbocycles. The van der Waals surface area contributed by atoms with Gasteiger partial charge < -0.3 is 9.42 Å². The Morgan fingerprint density at radius 2 is 2.14 bits per heavy atom. The molecule has 0 spiro atoms. The van der Waals surface area contributed by atoms with Crippen LogP contribution in [-0.4, -0.2) is 54.2 Å². The van der Waals surface area contributed by atoms with E-state index in [2.05, 4.69) is 25.7 Å². The van der Waals surface area contributed by atoms with E-state index >= 15 is 0 Å². The number of aromatic nitrogens is 6. The van der Waals surface area contributed by atoms with Gasteiger partial charge in [0.15, 0.2) is 0 Å². The lowest BCUT2D eigenvalue weighted by Gasteiger charge is -2.30. The molecule has 4 rings (SSSR count). The van der Waals surface area contributed by atoms with Gasteiger partial charge in [-0.05, 0) is 48.4 Å². The summed E-state index contributed by atoms with van der Waals surface area (Å²) in [4.78, 5) is 18.6. The molecule has 146 valence electrons. The summed E-state index contributed by atoms with van der Waals surface area (Å²) < 4.78 is 20.5. The lowest BCUT2D eigenvalue weighted by molar-refractivity contribution is -0.133. The van der Waals surface area contributed by atoms with Crippen molar-refractivity contribution in [3.8, 4) is 11.4 Å². The lowest BCUT2D eigenvalue weighted by Crippen LogP contribution is -2.40. The van der Waals surface area contributed by atoms with Crippen LogP contribution < -0.4 is 0 Å². The molecule has 0 unspecified atom stereocenters. The highest BCUT2D eigenvalue weighted by Crippen LogP contribution is 2.29. The molecule has 0 radical (unpaired) electrons. The van der Waals surface area contributed by atoms with E-state index in [-0.39, 0.29) is 23.4 Å². The largest absolute Gasteiger partial charge is 0.341 e. The quantitative estimate of drug-likeness (QED) is 0.655. The molecular weight excluding hydrogens is 389 g/mol. The van der Waals surface area contributed by atoms with E-state index in [1.807, 2.05) is 0 Å². The maximum atomic E-state index is 13.6. The molecule has 2 aromatic heterocycles. The molecular formula is C17H17ClFN7O2. The summed E-state index contributed by atoms with van der Waals surface area (Å²) in [5.74, 6) is 0.899. The van der Waals surface area contributed by atoms with Crippen molar-refractivity contribution in [2.75, 3.05) is 13.1 Å². The Morgan fingerprint density at radius 3 is 2.82 bits per heavy atom. The van der Waals surface area contributed by atoms with Crippen LogP contribution in [0, 0.1) is 12.7 Å². The lowest BCUT2D eigenvalue weighted by atomic mass is 9.96. The van der Waals surface area contributed by atoms with Crippen LogP contribution in [-0.2, 0) is 11.3 Å². The Morgan fingerprint density at radius 1 is 1.36 bits per heavy atom. The third-order valence-corrected chi connectivity index (χ3v) is 5.12. The molecule has 1 saturated heterocycles. The maximum Gasteiger partial charge on any atom is 0.244 e. The van der Waals surface area contributed by atoms with Gasteiger partial charge in [-0.25, -0.2) is 9.07 Å². The normalized spacial score (nSPS) is 15.2. The minimum Gasteiger partial charge on any atom is -0.341 e. The summed E-state index contributed by atoms with van der Waals surface area (Å²) in [6.07, 6.45) is 1.41. The number of carbonyl (C=O) groups is 1. The van der Waals surface area contributed by atoms with Crippen LogP contribution in [0.5, 0.6) is 0 Å². The molecule has 11 heteroatoms. The zero-order valence-electron chi connectivity index (χ0n) is 15.0. The SMILES string of the molecule is Cc1nnnn1CC(=O)N1CCC(c2nc(-c3ccc(Cl)c(F)c3)no2)CC1. The topological polar surface area (TPSA) is 103 Å². The molecule has 0 aliphatic carbocycles. The van der Waals surface area contributed by atoms with Gasteiger partial charge in [0, 0.05) is 24.6 Å². The second kappa shape index (κ2) is 7.63. The van der Waals surface area contributed by atoms with Gasteiger partial charge in [-0.1, -0.05) is 16.8 Å². The summed E-state index contributed by atoms with van der Waals surface area (Å²) >= 11 is 5.70. The molecule has 1 aliphatic heterocycles. The van der Waals surface area contributed by atoms with Crippen molar-refractivity contribution in [3.63, 3.8) is 0 Å². The van der Waals surface area contributed by atoms with Gasteiger partial charge in [0.2, 0.25) is 17.6 Å². The first kappa shape index (κ1) is 18.5. The molecule has 1 amide bonds. The highest BCUT2D eigenvalue weighted by Gasteiger charge is 2.28. The molecule has 0 atom stereocenters. The van der Waals surface area contributed by atoms with Crippen molar-refractivity contribution >= 4 is 17.5 Å². The molecule has 1 aliphatic rings. The van der Waals surface area contributed by atoms with Crippen LogP contribution in [0.15, 0.2) is 22.7 Å². The number of aryl methyl sites for hydroxylation is 1. The average Bonchev–Trinajstić information content (AvgIpc) is 3.34. The number of halogens is 2. The highest BCUT2D eigenvalue weighted by molar-refractivity contribution is 6.30. The highest BCUT2D eigenvalue weighted by atomic mass is 35.5. The monoisotopic (exact) mass is 405 g/mol. The average molecular weight is 406 g/mol. The number of hydrogen-bond acceptors (Lipinski definition) is 7. The van der Waals surface area contributed by atoms with Crippen LogP contribution in [0.2, 0.25) is 5.02 Å². The van der Waals surface area contributed by atoms with Crippen LogP contribution in [0.25, 0.3) is 11.4 Å². The summed E-state index contributed by atoms with van der Waals surface area (Å²) in [5, 5.41) is 15.1. The van der Waals surface area contributed by atoms with Crippen LogP contribution in [0.4, 0.5) is 4.39 Å². The Balaban J connectivity index is 1.37.